The molecule has 4 aromatic rings. The number of benzene rings is 2. The van der Waals surface area contributed by atoms with Crippen LogP contribution in [0.4, 0.5) is 4.39 Å². The lowest BCUT2D eigenvalue weighted by Crippen LogP contribution is -2.47. The molecule has 0 saturated carbocycles. The van der Waals surface area contributed by atoms with Gasteiger partial charge in [0, 0.05) is 19.6 Å². The summed E-state index contributed by atoms with van der Waals surface area (Å²) in [5.74, 6) is -0.357. The standard InChI is InChI=1S/C25H23FN6O2/c26-20-5-7-21(8-6-20)32-23-22(14-29-32)24(33)31(17-28-23)16-25(34)9-11-30(12-10-25)15-19-4-2-1-3-18(19)13-27/h1-8,14,17,34H,9-12,15-16H2. The topological polar surface area (TPSA) is 100.0 Å². The van der Waals surface area contributed by atoms with Crippen LogP contribution in [0.5, 0.6) is 0 Å². The first-order valence-electron chi connectivity index (χ1n) is 11.1. The van der Waals surface area contributed by atoms with Gasteiger partial charge in [0.15, 0.2) is 5.65 Å². The van der Waals surface area contributed by atoms with Crippen molar-refractivity contribution in [3.05, 3.63) is 88.4 Å². The van der Waals surface area contributed by atoms with Crippen molar-refractivity contribution in [2.75, 3.05) is 13.1 Å². The molecule has 1 saturated heterocycles. The quantitative estimate of drug-likeness (QED) is 0.494. The van der Waals surface area contributed by atoms with Crippen molar-refractivity contribution in [2.45, 2.75) is 31.5 Å². The Labute approximate surface area is 195 Å². The largest absolute Gasteiger partial charge is 0.388 e. The minimum atomic E-state index is -1.03. The Morgan fingerprint density at radius 2 is 1.85 bits per heavy atom. The Morgan fingerprint density at radius 1 is 1.12 bits per heavy atom. The van der Waals surface area contributed by atoms with Crippen molar-refractivity contribution in [1.82, 2.24) is 24.2 Å². The van der Waals surface area contributed by atoms with Crippen LogP contribution < -0.4 is 5.56 Å². The Balaban J connectivity index is 1.31. The fourth-order valence-corrected chi connectivity index (χ4v) is 4.44. The third-order valence-corrected chi connectivity index (χ3v) is 6.41. The minimum absolute atomic E-state index is 0.138. The minimum Gasteiger partial charge on any atom is -0.388 e. The monoisotopic (exact) mass is 458 g/mol. The lowest BCUT2D eigenvalue weighted by Gasteiger charge is -2.38. The predicted octanol–water partition coefficient (Wildman–Crippen LogP) is 2.62. The van der Waals surface area contributed by atoms with Crippen LogP contribution in [0.1, 0.15) is 24.0 Å². The molecule has 0 aliphatic carbocycles. The molecule has 0 atom stereocenters. The second-order valence-corrected chi connectivity index (χ2v) is 8.72. The van der Waals surface area contributed by atoms with Crippen molar-refractivity contribution < 1.29 is 9.50 Å². The molecule has 1 aliphatic rings. The molecule has 2 aromatic heterocycles. The molecule has 3 heterocycles. The number of nitrogens with zero attached hydrogens (tertiary/aromatic N) is 6. The summed E-state index contributed by atoms with van der Waals surface area (Å²) in [7, 11) is 0. The molecule has 0 bridgehead atoms. The van der Waals surface area contributed by atoms with E-state index in [1.54, 1.807) is 12.1 Å². The highest BCUT2D eigenvalue weighted by Gasteiger charge is 2.33. The molecule has 2 aromatic carbocycles. The van der Waals surface area contributed by atoms with Gasteiger partial charge in [-0.3, -0.25) is 14.3 Å². The van der Waals surface area contributed by atoms with Crippen LogP contribution in [0.25, 0.3) is 16.7 Å². The van der Waals surface area contributed by atoms with Crippen molar-refractivity contribution >= 4 is 11.0 Å². The Morgan fingerprint density at radius 3 is 2.59 bits per heavy atom. The molecule has 1 aliphatic heterocycles. The lowest BCUT2D eigenvalue weighted by molar-refractivity contribution is -0.0365. The molecule has 0 amide bonds. The lowest BCUT2D eigenvalue weighted by atomic mass is 9.91. The summed E-state index contributed by atoms with van der Waals surface area (Å²) >= 11 is 0. The summed E-state index contributed by atoms with van der Waals surface area (Å²) in [6.07, 6.45) is 3.88. The van der Waals surface area contributed by atoms with Gasteiger partial charge in [0.2, 0.25) is 0 Å². The first kappa shape index (κ1) is 21.9. The molecular formula is C25H23FN6O2. The van der Waals surface area contributed by atoms with Gasteiger partial charge in [-0.05, 0) is 48.7 Å². The number of halogens is 1. The van der Waals surface area contributed by atoms with Gasteiger partial charge in [0.1, 0.15) is 17.5 Å². The van der Waals surface area contributed by atoms with Crippen molar-refractivity contribution in [2.24, 2.45) is 0 Å². The summed E-state index contributed by atoms with van der Waals surface area (Å²) in [6.45, 7) is 2.10. The zero-order chi connectivity index (χ0) is 23.7. The number of rotatable bonds is 5. The van der Waals surface area contributed by atoms with E-state index in [1.165, 1.54) is 33.9 Å². The molecule has 1 N–H and O–H groups in total. The summed E-state index contributed by atoms with van der Waals surface area (Å²) in [5.41, 5.74) is 1.31. The highest BCUT2D eigenvalue weighted by molar-refractivity contribution is 5.74. The highest BCUT2D eigenvalue weighted by atomic mass is 19.1. The zero-order valence-electron chi connectivity index (χ0n) is 18.4. The van der Waals surface area contributed by atoms with Crippen LogP contribution in [-0.2, 0) is 13.1 Å². The van der Waals surface area contributed by atoms with Crippen molar-refractivity contribution in [1.29, 1.82) is 5.26 Å². The van der Waals surface area contributed by atoms with Gasteiger partial charge in [-0.2, -0.15) is 10.4 Å². The molecule has 0 radical (unpaired) electrons. The van der Waals surface area contributed by atoms with Gasteiger partial charge >= 0.3 is 0 Å². The molecule has 0 unspecified atom stereocenters. The van der Waals surface area contributed by atoms with E-state index in [0.717, 1.165) is 5.56 Å². The fraction of sp³-hybridized carbons (Fsp3) is 0.280. The molecule has 34 heavy (non-hydrogen) atoms. The van der Waals surface area contributed by atoms with Gasteiger partial charge in [-0.25, -0.2) is 14.1 Å². The third-order valence-electron chi connectivity index (χ3n) is 6.41. The zero-order valence-corrected chi connectivity index (χ0v) is 18.4. The van der Waals surface area contributed by atoms with Crippen LogP contribution in [0.15, 0.2) is 65.8 Å². The number of piperidine rings is 1. The number of likely N-dealkylation sites (tertiary alicyclic amines) is 1. The van der Waals surface area contributed by atoms with Crippen LogP contribution in [0.3, 0.4) is 0 Å². The molecule has 8 nitrogen and oxygen atoms in total. The number of hydrogen-bond acceptors (Lipinski definition) is 6. The number of fused-ring (bicyclic) bond motifs is 1. The van der Waals surface area contributed by atoms with Crippen molar-refractivity contribution in [3.8, 4) is 11.8 Å². The van der Waals surface area contributed by atoms with Crippen LogP contribution >= 0.6 is 0 Å². The van der Waals surface area contributed by atoms with E-state index in [0.29, 0.717) is 54.8 Å². The Bertz CT molecular complexity index is 1430. The van der Waals surface area contributed by atoms with Gasteiger partial charge in [-0.1, -0.05) is 18.2 Å². The van der Waals surface area contributed by atoms with E-state index < -0.39 is 5.60 Å². The second-order valence-electron chi connectivity index (χ2n) is 8.72. The van der Waals surface area contributed by atoms with Gasteiger partial charge < -0.3 is 5.11 Å². The van der Waals surface area contributed by atoms with Crippen LogP contribution in [-0.4, -0.2) is 48.0 Å². The maximum absolute atomic E-state index is 13.2. The van der Waals surface area contributed by atoms with E-state index in [2.05, 4.69) is 21.1 Å². The number of aromatic nitrogens is 4. The first-order valence-corrected chi connectivity index (χ1v) is 11.1. The average molecular weight is 458 g/mol. The molecule has 172 valence electrons. The number of nitriles is 1. The smallest absolute Gasteiger partial charge is 0.264 e. The molecule has 5 rings (SSSR count). The highest BCUT2D eigenvalue weighted by Crippen LogP contribution is 2.25. The summed E-state index contributed by atoms with van der Waals surface area (Å²) in [6, 6.07) is 15.5. The average Bonchev–Trinajstić information content (AvgIpc) is 3.28. The normalized spacial score (nSPS) is 15.9. The van der Waals surface area contributed by atoms with Gasteiger partial charge in [0.05, 0.1) is 35.7 Å². The summed E-state index contributed by atoms with van der Waals surface area (Å²) in [4.78, 5) is 19.7. The maximum atomic E-state index is 13.2. The van der Waals surface area contributed by atoms with E-state index in [-0.39, 0.29) is 17.9 Å². The van der Waals surface area contributed by atoms with Crippen LogP contribution in [0, 0.1) is 17.1 Å². The molecule has 1 fully saturated rings. The Hall–Kier alpha value is -3.87. The van der Waals surface area contributed by atoms with Gasteiger partial charge in [-0.15, -0.1) is 0 Å². The third kappa shape index (κ3) is 4.21. The molecular weight excluding hydrogens is 435 g/mol. The Kier molecular flexibility index (Phi) is 5.69. The summed E-state index contributed by atoms with van der Waals surface area (Å²) in [5, 5.41) is 25.1. The fourth-order valence-electron chi connectivity index (χ4n) is 4.44. The van der Waals surface area contributed by atoms with Crippen LogP contribution in [0.2, 0.25) is 0 Å². The van der Waals surface area contributed by atoms with Crippen molar-refractivity contribution in [3.63, 3.8) is 0 Å². The number of hydrogen-bond donors (Lipinski definition) is 1. The summed E-state index contributed by atoms with van der Waals surface area (Å²) < 4.78 is 16.2. The molecule has 9 heteroatoms. The molecule has 0 spiro atoms. The van der Waals surface area contributed by atoms with E-state index in [1.807, 2.05) is 24.3 Å². The van der Waals surface area contributed by atoms with E-state index >= 15 is 0 Å². The number of aliphatic hydroxyl groups is 1. The van der Waals surface area contributed by atoms with Gasteiger partial charge in [0.25, 0.3) is 5.56 Å². The SMILES string of the molecule is N#Cc1ccccc1CN1CCC(O)(Cn2cnc3c(cnn3-c3ccc(F)cc3)c2=O)CC1. The van der Waals surface area contributed by atoms with E-state index in [9.17, 15) is 19.6 Å². The predicted molar refractivity (Wildman–Crippen MR) is 124 cm³/mol. The maximum Gasteiger partial charge on any atom is 0.264 e. The van der Waals surface area contributed by atoms with E-state index in [4.69, 9.17) is 0 Å². The first-order chi connectivity index (χ1) is 16.5. The second kappa shape index (κ2) is 8.82.